The number of nitrogens with zero attached hydrogens (tertiary/aromatic N) is 1. The van der Waals surface area contributed by atoms with Gasteiger partial charge in [-0.3, -0.25) is 0 Å². The zero-order chi connectivity index (χ0) is 14.3. The molecule has 0 aliphatic heterocycles. The number of hydrogen-bond acceptors (Lipinski definition) is 3. The lowest BCUT2D eigenvalue weighted by atomic mass is 10.1. The van der Waals surface area contributed by atoms with E-state index in [1.54, 1.807) is 12.1 Å². The Hall–Kier alpha value is -1.39. The van der Waals surface area contributed by atoms with Crippen LogP contribution in [0.2, 0.25) is 0 Å². The predicted octanol–water partition coefficient (Wildman–Crippen LogP) is 2.20. The molecule has 1 aromatic rings. The minimum Gasteiger partial charge on any atom is -0.478 e. The van der Waals surface area contributed by atoms with E-state index in [2.05, 4.69) is 31.1 Å². The summed E-state index contributed by atoms with van der Waals surface area (Å²) in [6, 6.07) is 7.61. The van der Waals surface area contributed by atoms with Crippen LogP contribution in [-0.4, -0.2) is 42.2 Å². The van der Waals surface area contributed by atoms with Gasteiger partial charge in [0.2, 0.25) is 0 Å². The summed E-state index contributed by atoms with van der Waals surface area (Å²) >= 11 is 0. The number of carbonyl (C=O) groups is 1. The Kier molecular flexibility index (Phi) is 6.53. The van der Waals surface area contributed by atoms with Crippen LogP contribution >= 0.6 is 0 Å². The first kappa shape index (κ1) is 15.7. The molecule has 0 saturated heterocycles. The minimum atomic E-state index is -0.880. The van der Waals surface area contributed by atoms with E-state index >= 15 is 0 Å². The molecular formula is C15H24N2O2. The Morgan fingerprint density at radius 2 is 2.00 bits per heavy atom. The lowest BCUT2D eigenvalue weighted by Crippen LogP contribution is -2.34. The topological polar surface area (TPSA) is 52.6 Å². The van der Waals surface area contributed by atoms with Gasteiger partial charge in [0, 0.05) is 25.7 Å². The molecular weight excluding hydrogens is 240 g/mol. The SMILES string of the molecule is CCC(C)N(C)CCNCc1ccc(C(=O)O)cc1. The number of carboxylic acids is 1. The van der Waals surface area contributed by atoms with E-state index in [4.69, 9.17) is 5.11 Å². The van der Waals surface area contributed by atoms with E-state index in [1.165, 1.54) is 0 Å². The summed E-state index contributed by atoms with van der Waals surface area (Å²) in [5.74, 6) is -0.880. The second kappa shape index (κ2) is 7.92. The third-order valence-corrected chi connectivity index (χ3v) is 3.51. The van der Waals surface area contributed by atoms with Gasteiger partial charge in [0.25, 0.3) is 0 Å². The summed E-state index contributed by atoms with van der Waals surface area (Å²) < 4.78 is 0. The quantitative estimate of drug-likeness (QED) is 0.707. The summed E-state index contributed by atoms with van der Waals surface area (Å²) in [5, 5.41) is 12.2. The molecule has 0 saturated carbocycles. The third-order valence-electron chi connectivity index (χ3n) is 3.51. The Morgan fingerprint density at radius 3 is 2.53 bits per heavy atom. The summed E-state index contributed by atoms with van der Waals surface area (Å²) in [6.45, 7) is 7.14. The molecule has 0 amide bonds. The maximum absolute atomic E-state index is 10.7. The van der Waals surface area contributed by atoms with Gasteiger partial charge in [-0.15, -0.1) is 0 Å². The van der Waals surface area contributed by atoms with Crippen molar-refractivity contribution in [2.75, 3.05) is 20.1 Å². The van der Waals surface area contributed by atoms with Crippen LogP contribution < -0.4 is 5.32 Å². The number of benzene rings is 1. The molecule has 0 aliphatic rings. The average Bonchev–Trinajstić information content (AvgIpc) is 2.42. The standard InChI is InChI=1S/C15H24N2O2/c1-4-12(2)17(3)10-9-16-11-13-5-7-14(8-6-13)15(18)19/h5-8,12,16H,4,9-11H2,1-3H3,(H,18,19). The number of hydrogen-bond donors (Lipinski definition) is 2. The molecule has 1 aromatic carbocycles. The summed E-state index contributed by atoms with van der Waals surface area (Å²) in [4.78, 5) is 13.1. The second-order valence-electron chi connectivity index (χ2n) is 4.92. The fourth-order valence-corrected chi connectivity index (χ4v) is 1.79. The van der Waals surface area contributed by atoms with Gasteiger partial charge in [-0.25, -0.2) is 4.79 Å². The molecule has 0 aliphatic carbocycles. The fourth-order valence-electron chi connectivity index (χ4n) is 1.79. The van der Waals surface area contributed by atoms with Crippen molar-refractivity contribution in [3.8, 4) is 0 Å². The van der Waals surface area contributed by atoms with Gasteiger partial charge in [-0.1, -0.05) is 19.1 Å². The maximum Gasteiger partial charge on any atom is 0.335 e. The molecule has 0 aromatic heterocycles. The summed E-state index contributed by atoms with van der Waals surface area (Å²) in [6.07, 6.45) is 1.16. The minimum absolute atomic E-state index is 0.334. The molecule has 0 fully saturated rings. The highest BCUT2D eigenvalue weighted by molar-refractivity contribution is 5.87. The highest BCUT2D eigenvalue weighted by Gasteiger charge is 2.05. The van der Waals surface area contributed by atoms with Crippen LogP contribution in [0.4, 0.5) is 0 Å². The molecule has 19 heavy (non-hydrogen) atoms. The smallest absolute Gasteiger partial charge is 0.335 e. The normalized spacial score (nSPS) is 12.6. The second-order valence-corrected chi connectivity index (χ2v) is 4.92. The number of likely N-dealkylation sites (N-methyl/N-ethyl adjacent to an activating group) is 1. The molecule has 0 radical (unpaired) electrons. The highest BCUT2D eigenvalue weighted by atomic mass is 16.4. The number of nitrogens with one attached hydrogen (secondary N) is 1. The number of aromatic carboxylic acids is 1. The Labute approximate surface area is 115 Å². The first-order valence-corrected chi connectivity index (χ1v) is 6.77. The van der Waals surface area contributed by atoms with Crippen LogP contribution in [0.5, 0.6) is 0 Å². The molecule has 0 heterocycles. The van der Waals surface area contributed by atoms with Gasteiger partial charge in [-0.05, 0) is 38.1 Å². The van der Waals surface area contributed by atoms with Crippen molar-refractivity contribution in [1.82, 2.24) is 10.2 Å². The van der Waals surface area contributed by atoms with Crippen LogP contribution in [0.1, 0.15) is 36.2 Å². The van der Waals surface area contributed by atoms with E-state index in [-0.39, 0.29) is 0 Å². The molecule has 1 unspecified atom stereocenters. The van der Waals surface area contributed by atoms with Gasteiger partial charge in [0.15, 0.2) is 0 Å². The lowest BCUT2D eigenvalue weighted by molar-refractivity contribution is 0.0697. The van der Waals surface area contributed by atoms with Crippen molar-refractivity contribution in [2.24, 2.45) is 0 Å². The first-order valence-electron chi connectivity index (χ1n) is 6.77. The van der Waals surface area contributed by atoms with Crippen LogP contribution in [0.25, 0.3) is 0 Å². The van der Waals surface area contributed by atoms with Crippen molar-refractivity contribution in [2.45, 2.75) is 32.9 Å². The fraction of sp³-hybridized carbons (Fsp3) is 0.533. The monoisotopic (exact) mass is 264 g/mol. The lowest BCUT2D eigenvalue weighted by Gasteiger charge is -2.23. The van der Waals surface area contributed by atoms with Gasteiger partial charge < -0.3 is 15.3 Å². The van der Waals surface area contributed by atoms with E-state index in [9.17, 15) is 4.79 Å². The number of carboxylic acid groups (broad SMARTS) is 1. The molecule has 0 spiro atoms. The van der Waals surface area contributed by atoms with E-state index < -0.39 is 5.97 Å². The van der Waals surface area contributed by atoms with Crippen molar-refractivity contribution in [3.05, 3.63) is 35.4 Å². The summed E-state index contributed by atoms with van der Waals surface area (Å²) in [5.41, 5.74) is 1.44. The predicted molar refractivity (Wildman–Crippen MR) is 77.5 cm³/mol. The van der Waals surface area contributed by atoms with Gasteiger partial charge in [-0.2, -0.15) is 0 Å². The Morgan fingerprint density at radius 1 is 1.37 bits per heavy atom. The third kappa shape index (κ3) is 5.41. The van der Waals surface area contributed by atoms with Crippen LogP contribution in [0.15, 0.2) is 24.3 Å². The van der Waals surface area contributed by atoms with Gasteiger partial charge in [0.05, 0.1) is 5.56 Å². The van der Waals surface area contributed by atoms with E-state index in [0.717, 1.165) is 31.6 Å². The molecule has 106 valence electrons. The van der Waals surface area contributed by atoms with E-state index in [1.807, 2.05) is 12.1 Å². The number of rotatable bonds is 8. The summed E-state index contributed by atoms with van der Waals surface area (Å²) in [7, 11) is 2.14. The zero-order valence-electron chi connectivity index (χ0n) is 12.0. The van der Waals surface area contributed by atoms with Crippen LogP contribution in [-0.2, 0) is 6.54 Å². The molecule has 4 nitrogen and oxygen atoms in total. The van der Waals surface area contributed by atoms with Crippen LogP contribution in [0.3, 0.4) is 0 Å². The van der Waals surface area contributed by atoms with Gasteiger partial charge in [0.1, 0.15) is 0 Å². The van der Waals surface area contributed by atoms with Crippen LogP contribution in [0, 0.1) is 0 Å². The highest BCUT2D eigenvalue weighted by Crippen LogP contribution is 2.04. The largest absolute Gasteiger partial charge is 0.478 e. The van der Waals surface area contributed by atoms with Crippen molar-refractivity contribution >= 4 is 5.97 Å². The Bertz CT molecular complexity index is 390. The van der Waals surface area contributed by atoms with Crippen molar-refractivity contribution < 1.29 is 9.90 Å². The molecule has 1 rings (SSSR count). The molecule has 0 bridgehead atoms. The first-order chi connectivity index (χ1) is 9.04. The van der Waals surface area contributed by atoms with Crippen molar-refractivity contribution in [3.63, 3.8) is 0 Å². The maximum atomic E-state index is 10.7. The van der Waals surface area contributed by atoms with Gasteiger partial charge >= 0.3 is 5.97 Å². The zero-order valence-corrected chi connectivity index (χ0v) is 12.0. The molecule has 4 heteroatoms. The van der Waals surface area contributed by atoms with Crippen molar-refractivity contribution in [1.29, 1.82) is 0 Å². The Balaban J connectivity index is 2.28. The molecule has 2 N–H and O–H groups in total. The molecule has 1 atom stereocenters. The van der Waals surface area contributed by atoms with E-state index in [0.29, 0.717) is 11.6 Å². The average molecular weight is 264 g/mol.